The van der Waals surface area contributed by atoms with Gasteiger partial charge in [-0.2, -0.15) is 0 Å². The fraction of sp³-hybridized carbons (Fsp3) is 0. The summed E-state index contributed by atoms with van der Waals surface area (Å²) in [7, 11) is 0. The molecule has 4 nitrogen and oxygen atoms in total. The maximum absolute atomic E-state index is 6.25. The van der Waals surface area contributed by atoms with Crippen molar-refractivity contribution in [2.75, 3.05) is 0 Å². The van der Waals surface area contributed by atoms with Crippen molar-refractivity contribution in [1.82, 2.24) is 10.4 Å². The topological polar surface area (TPSA) is 62.7 Å². The van der Waals surface area contributed by atoms with Gasteiger partial charge in [0.1, 0.15) is 6.26 Å². The van der Waals surface area contributed by atoms with Gasteiger partial charge in [-0.15, -0.1) is 5.10 Å². The van der Waals surface area contributed by atoms with E-state index in [-0.39, 0.29) is 0 Å². The Morgan fingerprint density at radius 1 is 1.57 bits per heavy atom. The summed E-state index contributed by atoms with van der Waals surface area (Å²) in [6, 6.07) is 0. The molecular formula is C3H2N3O-. The van der Waals surface area contributed by atoms with Gasteiger partial charge in [-0.05, 0) is 0 Å². The fourth-order valence-corrected chi connectivity index (χ4v) is 0.136. The van der Waals surface area contributed by atoms with Crippen molar-refractivity contribution in [2.45, 2.75) is 0 Å². The van der Waals surface area contributed by atoms with E-state index in [0.29, 0.717) is 0 Å². The van der Waals surface area contributed by atoms with E-state index >= 15 is 0 Å². The van der Waals surface area contributed by atoms with Crippen LogP contribution >= 0.6 is 0 Å². The predicted octanol–water partition coefficient (Wildman–Crippen LogP) is 0.166. The molecule has 1 heterocycles. The van der Waals surface area contributed by atoms with Gasteiger partial charge in [0.2, 0.25) is 0 Å². The molecule has 0 N–H and O–H groups in total. The summed E-state index contributed by atoms with van der Waals surface area (Å²) in [5.41, 5.74) is 0. The van der Waals surface area contributed by atoms with Crippen LogP contribution in [0, 0.1) is 11.8 Å². The Hall–Kier alpha value is -1.37. The third-order valence-electron chi connectivity index (χ3n) is 0.283. The maximum atomic E-state index is 6.25. The molecule has 1 rings (SSSR count). The molecule has 4 heteroatoms. The first-order valence-corrected chi connectivity index (χ1v) is 1.43. The summed E-state index contributed by atoms with van der Waals surface area (Å²) in [5, 5.41) is 12.7. The largest absolute Gasteiger partial charge is 0.512 e. The summed E-state index contributed by atoms with van der Waals surface area (Å²) >= 11 is 0. The van der Waals surface area contributed by atoms with Crippen LogP contribution in [0.4, 0.5) is 0 Å². The van der Waals surface area contributed by atoms with Crippen LogP contribution in [0.15, 0.2) is 17.0 Å². The van der Waals surface area contributed by atoms with Gasteiger partial charge in [0.15, 0.2) is 0 Å². The van der Waals surface area contributed by atoms with Crippen LogP contribution in [0.1, 0.15) is 0 Å². The average molecular weight is 96.1 g/mol. The quantitative estimate of drug-likeness (QED) is 0.432. The van der Waals surface area contributed by atoms with E-state index < -0.39 is 0 Å². The van der Waals surface area contributed by atoms with Gasteiger partial charge in [-0.25, -0.2) is 0 Å². The zero-order chi connectivity index (χ0) is 5.54. The fourth-order valence-electron chi connectivity index (χ4n) is 0.136. The van der Waals surface area contributed by atoms with Crippen molar-refractivity contribution >= 4 is 0 Å². The first kappa shape index (κ1) is 5.63. The normalized spacial score (nSPS) is 6.00. The van der Waals surface area contributed by atoms with Crippen molar-refractivity contribution in [3.8, 4) is 0 Å². The Bertz CT molecular complexity index is 93.8. The Kier molecular flexibility index (Phi) is 3.72. The second-order valence-corrected chi connectivity index (χ2v) is 0.588. The molecule has 0 amide bonds. The van der Waals surface area contributed by atoms with Gasteiger partial charge in [-0.3, -0.25) is 0 Å². The number of rotatable bonds is 0. The van der Waals surface area contributed by atoms with E-state index in [1.54, 1.807) is 0 Å². The van der Waals surface area contributed by atoms with Crippen LogP contribution < -0.4 is 0 Å². The lowest BCUT2D eigenvalue weighted by atomic mass is 11.0. The third-order valence-corrected chi connectivity index (χ3v) is 0.283. The number of hydrogen-bond donors (Lipinski definition) is 0. The minimum atomic E-state index is 1.40. The SMILES string of the molecule is [C-]#N.c1conn1. The Morgan fingerprint density at radius 2 is 2.29 bits per heavy atom. The van der Waals surface area contributed by atoms with E-state index in [0.717, 1.165) is 0 Å². The summed E-state index contributed by atoms with van der Waals surface area (Å²) in [6.07, 6.45) is 2.88. The molecule has 36 valence electrons. The number of nitrogens with zero attached hydrogens (tertiary/aromatic N) is 3. The molecule has 0 spiro atoms. The van der Waals surface area contributed by atoms with E-state index in [4.69, 9.17) is 11.8 Å². The van der Waals surface area contributed by atoms with Gasteiger partial charge in [0, 0.05) is 5.27 Å². The smallest absolute Gasteiger partial charge is 0.144 e. The highest BCUT2D eigenvalue weighted by atomic mass is 16.5. The van der Waals surface area contributed by atoms with Crippen LogP contribution in [0.3, 0.4) is 0 Å². The van der Waals surface area contributed by atoms with Gasteiger partial charge in [0.05, 0.1) is 6.20 Å². The first-order valence-electron chi connectivity index (χ1n) is 1.43. The highest BCUT2D eigenvalue weighted by Crippen LogP contribution is 1.64. The first-order chi connectivity index (χ1) is 3.50. The monoisotopic (exact) mass is 96.0 g/mol. The number of aromatic nitrogens is 2. The highest BCUT2D eigenvalue weighted by molar-refractivity contribution is 4.48. The average Bonchev–Trinajstić information content (AvgIpc) is 2.23. The summed E-state index contributed by atoms with van der Waals surface area (Å²) in [6.45, 7) is 4.75. The molecular weight excluding hydrogens is 94.1 g/mol. The molecule has 1 aromatic heterocycles. The molecule has 0 aromatic carbocycles. The van der Waals surface area contributed by atoms with Crippen LogP contribution in [0.5, 0.6) is 0 Å². The van der Waals surface area contributed by atoms with Crippen LogP contribution in [0.25, 0.3) is 0 Å². The predicted molar refractivity (Wildman–Crippen MR) is 19.3 cm³/mol. The van der Waals surface area contributed by atoms with E-state index in [2.05, 4.69) is 14.9 Å². The van der Waals surface area contributed by atoms with Crippen molar-refractivity contribution < 1.29 is 4.52 Å². The second kappa shape index (κ2) is 4.63. The lowest BCUT2D eigenvalue weighted by molar-refractivity contribution is 0.393. The summed E-state index contributed by atoms with van der Waals surface area (Å²) in [5.74, 6) is 0. The van der Waals surface area contributed by atoms with Crippen LogP contribution in [-0.4, -0.2) is 10.4 Å². The van der Waals surface area contributed by atoms with Crippen molar-refractivity contribution in [2.24, 2.45) is 0 Å². The second-order valence-electron chi connectivity index (χ2n) is 0.588. The highest BCUT2D eigenvalue weighted by Gasteiger charge is 1.61. The van der Waals surface area contributed by atoms with E-state index in [1.165, 1.54) is 12.5 Å². The van der Waals surface area contributed by atoms with Gasteiger partial charge < -0.3 is 16.4 Å². The van der Waals surface area contributed by atoms with E-state index in [9.17, 15) is 0 Å². The zero-order valence-electron chi connectivity index (χ0n) is 3.40. The van der Waals surface area contributed by atoms with Gasteiger partial charge in [0.25, 0.3) is 0 Å². The van der Waals surface area contributed by atoms with Gasteiger partial charge >= 0.3 is 0 Å². The molecule has 0 unspecified atom stereocenters. The standard InChI is InChI=1S/C2H2N2O.CN/c1-2-5-4-3-1;1-2/h1-2H;/q;-1. The molecule has 0 saturated heterocycles. The lowest BCUT2D eigenvalue weighted by Crippen LogP contribution is -1.53. The molecule has 7 heavy (non-hydrogen) atoms. The minimum absolute atomic E-state index is 1.40. The summed E-state index contributed by atoms with van der Waals surface area (Å²) < 4.78 is 4.22. The van der Waals surface area contributed by atoms with Crippen LogP contribution in [0.2, 0.25) is 0 Å². The van der Waals surface area contributed by atoms with Gasteiger partial charge in [-0.1, -0.05) is 0 Å². The Labute approximate surface area is 40.3 Å². The number of hydrogen-bond acceptors (Lipinski definition) is 4. The third kappa shape index (κ3) is 2.43. The van der Waals surface area contributed by atoms with Crippen molar-refractivity contribution in [1.29, 1.82) is 5.26 Å². The lowest BCUT2D eigenvalue weighted by Gasteiger charge is -1.45. The molecule has 0 aliphatic rings. The molecule has 0 bridgehead atoms. The van der Waals surface area contributed by atoms with Crippen molar-refractivity contribution in [3.63, 3.8) is 0 Å². The molecule has 0 fully saturated rings. The maximum Gasteiger partial charge on any atom is 0.144 e. The summed E-state index contributed by atoms with van der Waals surface area (Å²) in [4.78, 5) is 0. The molecule has 0 atom stereocenters. The molecule has 0 aliphatic carbocycles. The molecule has 1 aromatic rings. The van der Waals surface area contributed by atoms with Crippen molar-refractivity contribution in [3.05, 3.63) is 19.0 Å². The Balaban J connectivity index is 0.000000162. The van der Waals surface area contributed by atoms with Crippen LogP contribution in [-0.2, 0) is 0 Å². The van der Waals surface area contributed by atoms with E-state index in [1.807, 2.05) is 0 Å². The molecule has 0 aliphatic heterocycles. The molecule has 0 radical (unpaired) electrons. The minimum Gasteiger partial charge on any atom is -0.512 e. The molecule has 0 saturated carbocycles. The Morgan fingerprint density at radius 3 is 2.43 bits per heavy atom. The zero-order valence-corrected chi connectivity index (χ0v) is 3.40.